The van der Waals surface area contributed by atoms with Crippen molar-refractivity contribution in [2.45, 2.75) is 96.8 Å². The highest BCUT2D eigenvalue weighted by molar-refractivity contribution is 5.85. The van der Waals surface area contributed by atoms with Gasteiger partial charge < -0.3 is 10.7 Å². The molecule has 22 heavy (non-hydrogen) atoms. The van der Waals surface area contributed by atoms with Gasteiger partial charge in [-0.2, -0.15) is 0 Å². The average molecular weight is 330 g/mol. The van der Waals surface area contributed by atoms with Crippen molar-refractivity contribution in [1.29, 1.82) is 0 Å². The lowest BCUT2D eigenvalue weighted by Gasteiger charge is -2.02. The Labute approximate surface area is 143 Å². The monoisotopic (exact) mass is 329 g/mol. The highest BCUT2D eigenvalue weighted by atomic mass is 35.5. The van der Waals surface area contributed by atoms with Crippen LogP contribution < -0.4 is 5.73 Å². The molecule has 0 aliphatic heterocycles. The Balaban J connectivity index is 0.00000441. The van der Waals surface area contributed by atoms with Crippen LogP contribution in [0.3, 0.4) is 0 Å². The van der Waals surface area contributed by atoms with Crippen molar-refractivity contribution in [2.75, 3.05) is 5.73 Å². The second kappa shape index (κ2) is 15.2. The summed E-state index contributed by atoms with van der Waals surface area (Å²) < 4.78 is 0. The van der Waals surface area contributed by atoms with Crippen LogP contribution in [0.1, 0.15) is 96.1 Å². The molecule has 4 heteroatoms. The third-order valence-corrected chi connectivity index (χ3v) is 4.20. The van der Waals surface area contributed by atoms with Gasteiger partial charge in [0, 0.05) is 5.69 Å². The maximum Gasteiger partial charge on any atom is 0.197 e. The summed E-state index contributed by atoms with van der Waals surface area (Å²) in [5, 5.41) is 0. The molecule has 3 nitrogen and oxygen atoms in total. The average Bonchev–Trinajstić information content (AvgIpc) is 2.89. The largest absolute Gasteiger partial charge is 0.369 e. The van der Waals surface area contributed by atoms with E-state index in [9.17, 15) is 0 Å². The molecule has 0 bridgehead atoms. The highest BCUT2D eigenvalue weighted by Gasteiger charge is 1.97. The van der Waals surface area contributed by atoms with Crippen molar-refractivity contribution in [3.05, 3.63) is 11.9 Å². The molecule has 1 rings (SSSR count). The second-order valence-electron chi connectivity index (χ2n) is 6.29. The number of H-pyrrole nitrogens is 1. The predicted octanol–water partition coefficient (Wildman–Crippen LogP) is 6.05. The van der Waals surface area contributed by atoms with Crippen molar-refractivity contribution in [2.24, 2.45) is 0 Å². The summed E-state index contributed by atoms with van der Waals surface area (Å²) in [6, 6.07) is 0. The standard InChI is InChI=1S/C18H35N3.ClH/c1-2-3-4-5-6-7-8-9-10-11-12-13-14-15-17-16-20-18(19)21-17;/h16H,2-15H2,1H3,(H3,19,20,21);1H. The molecule has 1 aromatic rings. The minimum atomic E-state index is 0. The van der Waals surface area contributed by atoms with E-state index in [4.69, 9.17) is 5.73 Å². The molecule has 1 heterocycles. The second-order valence-corrected chi connectivity index (χ2v) is 6.29. The zero-order valence-corrected chi connectivity index (χ0v) is 15.2. The molecule has 1 aromatic heterocycles. The number of halogens is 1. The van der Waals surface area contributed by atoms with Crippen LogP contribution >= 0.6 is 12.4 Å². The van der Waals surface area contributed by atoms with E-state index < -0.39 is 0 Å². The maximum absolute atomic E-state index is 5.56. The summed E-state index contributed by atoms with van der Waals surface area (Å²) in [7, 11) is 0. The Morgan fingerprint density at radius 2 is 1.27 bits per heavy atom. The topological polar surface area (TPSA) is 54.7 Å². The van der Waals surface area contributed by atoms with Gasteiger partial charge in [0.2, 0.25) is 0 Å². The van der Waals surface area contributed by atoms with Gasteiger partial charge in [0.15, 0.2) is 5.95 Å². The van der Waals surface area contributed by atoms with E-state index in [1.54, 1.807) is 0 Å². The van der Waals surface area contributed by atoms with Gasteiger partial charge in [0.05, 0.1) is 6.20 Å². The number of nitrogen functional groups attached to an aromatic ring is 1. The minimum Gasteiger partial charge on any atom is -0.369 e. The molecular weight excluding hydrogens is 294 g/mol. The number of nitrogens with two attached hydrogens (primary N) is 1. The summed E-state index contributed by atoms with van der Waals surface area (Å²) in [5.41, 5.74) is 6.73. The molecule has 0 aliphatic rings. The van der Waals surface area contributed by atoms with Crippen molar-refractivity contribution in [1.82, 2.24) is 9.97 Å². The number of imidazole rings is 1. The number of aryl methyl sites for hydroxylation is 1. The van der Waals surface area contributed by atoms with Crippen molar-refractivity contribution in [3.63, 3.8) is 0 Å². The first-order valence-corrected chi connectivity index (χ1v) is 9.12. The molecule has 0 atom stereocenters. The van der Waals surface area contributed by atoms with Gasteiger partial charge in [0.1, 0.15) is 0 Å². The number of aromatic nitrogens is 2. The molecule has 0 unspecified atom stereocenters. The van der Waals surface area contributed by atoms with Crippen molar-refractivity contribution >= 4 is 18.4 Å². The third-order valence-electron chi connectivity index (χ3n) is 4.20. The predicted molar refractivity (Wildman–Crippen MR) is 99.6 cm³/mol. The van der Waals surface area contributed by atoms with E-state index in [1.807, 2.05) is 6.20 Å². The first kappa shape index (κ1) is 21.3. The van der Waals surface area contributed by atoms with Gasteiger partial charge in [-0.05, 0) is 12.8 Å². The van der Waals surface area contributed by atoms with Gasteiger partial charge in [0.25, 0.3) is 0 Å². The minimum absolute atomic E-state index is 0. The van der Waals surface area contributed by atoms with Crippen LogP contribution in [0.15, 0.2) is 6.20 Å². The van der Waals surface area contributed by atoms with E-state index in [2.05, 4.69) is 16.9 Å². The Kier molecular flexibility index (Phi) is 14.7. The number of hydrogen-bond acceptors (Lipinski definition) is 2. The zero-order valence-electron chi connectivity index (χ0n) is 14.4. The summed E-state index contributed by atoms with van der Waals surface area (Å²) in [5.74, 6) is 0.541. The van der Waals surface area contributed by atoms with Crippen LogP contribution in [0.4, 0.5) is 5.95 Å². The number of nitrogens with one attached hydrogen (secondary N) is 1. The summed E-state index contributed by atoms with van der Waals surface area (Å²) >= 11 is 0. The van der Waals surface area contributed by atoms with Crippen molar-refractivity contribution in [3.8, 4) is 0 Å². The smallest absolute Gasteiger partial charge is 0.197 e. The maximum atomic E-state index is 5.56. The van der Waals surface area contributed by atoms with Gasteiger partial charge in [-0.25, -0.2) is 4.98 Å². The normalized spacial score (nSPS) is 10.6. The van der Waals surface area contributed by atoms with E-state index in [1.165, 1.54) is 89.2 Å². The molecule has 0 saturated carbocycles. The Morgan fingerprint density at radius 1 is 0.818 bits per heavy atom. The Bertz CT molecular complexity index is 339. The molecule has 0 fully saturated rings. The number of unbranched alkanes of at least 4 members (excludes halogenated alkanes) is 12. The lowest BCUT2D eigenvalue weighted by molar-refractivity contribution is 0.539. The first-order chi connectivity index (χ1) is 10.3. The quantitative estimate of drug-likeness (QED) is 0.408. The van der Waals surface area contributed by atoms with Crippen LogP contribution in [-0.4, -0.2) is 9.97 Å². The molecule has 0 aromatic carbocycles. The lowest BCUT2D eigenvalue weighted by Crippen LogP contribution is -1.89. The Hall–Kier alpha value is -0.700. The molecular formula is C18H36ClN3. The van der Waals surface area contributed by atoms with Gasteiger partial charge in [-0.15, -0.1) is 12.4 Å². The number of rotatable bonds is 14. The number of anilines is 1. The van der Waals surface area contributed by atoms with Crippen molar-refractivity contribution < 1.29 is 0 Å². The lowest BCUT2D eigenvalue weighted by atomic mass is 10.0. The fraction of sp³-hybridized carbons (Fsp3) is 0.833. The SMILES string of the molecule is CCCCCCCCCCCCCCCc1cnc(N)[nH]1.Cl. The molecule has 0 spiro atoms. The number of nitrogens with zero attached hydrogens (tertiary/aromatic N) is 1. The number of aromatic amines is 1. The first-order valence-electron chi connectivity index (χ1n) is 9.12. The number of hydrogen-bond donors (Lipinski definition) is 2. The van der Waals surface area contributed by atoms with E-state index in [-0.39, 0.29) is 12.4 Å². The van der Waals surface area contributed by atoms with Gasteiger partial charge in [-0.1, -0.05) is 84.0 Å². The van der Waals surface area contributed by atoms with Crippen LogP contribution in [0.25, 0.3) is 0 Å². The molecule has 0 radical (unpaired) electrons. The third kappa shape index (κ3) is 11.9. The van der Waals surface area contributed by atoms with Crippen LogP contribution in [0.2, 0.25) is 0 Å². The summed E-state index contributed by atoms with van der Waals surface area (Å²) in [6.07, 6.45) is 21.2. The fourth-order valence-corrected chi connectivity index (χ4v) is 2.84. The zero-order chi connectivity index (χ0) is 15.2. The summed E-state index contributed by atoms with van der Waals surface area (Å²) in [6.45, 7) is 2.28. The molecule has 130 valence electrons. The van der Waals surface area contributed by atoms with E-state index >= 15 is 0 Å². The highest BCUT2D eigenvalue weighted by Crippen LogP contribution is 2.13. The molecule has 0 amide bonds. The molecule has 0 saturated heterocycles. The van der Waals surface area contributed by atoms with Gasteiger partial charge in [-0.3, -0.25) is 0 Å². The fourth-order valence-electron chi connectivity index (χ4n) is 2.84. The molecule has 3 N–H and O–H groups in total. The van der Waals surface area contributed by atoms with Crippen LogP contribution in [0, 0.1) is 0 Å². The van der Waals surface area contributed by atoms with Crippen LogP contribution in [0.5, 0.6) is 0 Å². The van der Waals surface area contributed by atoms with Gasteiger partial charge >= 0.3 is 0 Å². The summed E-state index contributed by atoms with van der Waals surface area (Å²) in [4.78, 5) is 7.11. The van der Waals surface area contributed by atoms with Crippen LogP contribution in [-0.2, 0) is 6.42 Å². The molecule has 0 aliphatic carbocycles. The van der Waals surface area contributed by atoms with E-state index in [0.717, 1.165) is 6.42 Å². The van der Waals surface area contributed by atoms with E-state index in [0.29, 0.717) is 5.95 Å². The Morgan fingerprint density at radius 3 is 1.68 bits per heavy atom.